The summed E-state index contributed by atoms with van der Waals surface area (Å²) in [6.07, 6.45) is -0.950. The fourth-order valence-corrected chi connectivity index (χ4v) is 3.57. The average Bonchev–Trinajstić information content (AvgIpc) is 3.02. The molecule has 4 N–H and O–H groups in total. The van der Waals surface area contributed by atoms with E-state index in [1.54, 1.807) is 20.8 Å². The Morgan fingerprint density at radius 1 is 1.03 bits per heavy atom. The number of ether oxygens (including phenoxy) is 2. The number of alkyl carbamates (subject to hydrolysis) is 1. The number of nitrogens with one attached hydrogen (secondary N) is 1. The summed E-state index contributed by atoms with van der Waals surface area (Å²) in [7, 11) is 0. The van der Waals surface area contributed by atoms with E-state index < -0.39 is 35.7 Å². The molecule has 31 heavy (non-hydrogen) atoms. The van der Waals surface area contributed by atoms with Crippen LogP contribution in [0.25, 0.3) is 11.1 Å². The predicted octanol–water partition coefficient (Wildman–Crippen LogP) is 2.65. The van der Waals surface area contributed by atoms with E-state index in [9.17, 15) is 19.5 Å². The molecule has 164 valence electrons. The van der Waals surface area contributed by atoms with Crippen LogP contribution in [0.5, 0.6) is 0 Å². The van der Waals surface area contributed by atoms with Crippen LogP contribution in [-0.4, -0.2) is 47.4 Å². The first kappa shape index (κ1) is 22.3. The van der Waals surface area contributed by atoms with E-state index in [4.69, 9.17) is 15.2 Å². The highest BCUT2D eigenvalue weighted by molar-refractivity contribution is 5.89. The van der Waals surface area contributed by atoms with Crippen molar-refractivity contribution >= 4 is 18.0 Å². The number of fused-ring (bicyclic) bond motifs is 3. The van der Waals surface area contributed by atoms with Gasteiger partial charge in [-0.1, -0.05) is 48.5 Å². The molecule has 0 fully saturated rings. The van der Waals surface area contributed by atoms with Crippen LogP contribution in [0, 0.1) is 0 Å². The van der Waals surface area contributed by atoms with Crippen molar-refractivity contribution in [2.24, 2.45) is 5.73 Å². The van der Waals surface area contributed by atoms with E-state index in [0.717, 1.165) is 22.3 Å². The zero-order chi connectivity index (χ0) is 22.8. The van der Waals surface area contributed by atoms with Gasteiger partial charge in [0.25, 0.3) is 0 Å². The Hall–Kier alpha value is -3.39. The molecule has 1 aliphatic carbocycles. The summed E-state index contributed by atoms with van der Waals surface area (Å²) in [5.41, 5.74) is 8.94. The molecule has 1 amide bonds. The number of carboxylic acids is 1. The topological polar surface area (TPSA) is 128 Å². The Balaban J connectivity index is 1.72. The zero-order valence-corrected chi connectivity index (χ0v) is 17.6. The third-order valence-electron chi connectivity index (χ3n) is 4.92. The first-order valence-electron chi connectivity index (χ1n) is 9.91. The lowest BCUT2D eigenvalue weighted by Gasteiger charge is -2.26. The highest BCUT2D eigenvalue weighted by atomic mass is 16.6. The van der Waals surface area contributed by atoms with Crippen molar-refractivity contribution in [3.05, 3.63) is 59.7 Å². The fourth-order valence-electron chi connectivity index (χ4n) is 3.57. The molecule has 2 unspecified atom stereocenters. The van der Waals surface area contributed by atoms with Crippen molar-refractivity contribution < 1.29 is 29.0 Å². The zero-order valence-electron chi connectivity index (χ0n) is 17.6. The number of hydrogen-bond donors (Lipinski definition) is 3. The normalized spacial score (nSPS) is 14.7. The molecule has 1 aliphatic rings. The van der Waals surface area contributed by atoms with E-state index in [1.807, 2.05) is 48.5 Å². The van der Waals surface area contributed by atoms with Gasteiger partial charge in [-0.3, -0.25) is 4.79 Å². The highest BCUT2D eigenvalue weighted by Crippen LogP contribution is 2.44. The lowest BCUT2D eigenvalue weighted by molar-refractivity contribution is -0.160. The number of carbonyl (C=O) groups excluding carboxylic acids is 2. The minimum Gasteiger partial charge on any atom is -0.480 e. The minimum atomic E-state index is -1.68. The molecule has 0 bridgehead atoms. The summed E-state index contributed by atoms with van der Waals surface area (Å²) in [5, 5.41) is 11.5. The van der Waals surface area contributed by atoms with E-state index in [2.05, 4.69) is 5.32 Å². The first-order valence-corrected chi connectivity index (χ1v) is 9.91. The van der Waals surface area contributed by atoms with Crippen molar-refractivity contribution in [2.45, 2.75) is 44.4 Å². The molecular formula is C23H26N2O6. The summed E-state index contributed by atoms with van der Waals surface area (Å²) >= 11 is 0. The third kappa shape index (κ3) is 5.03. The maximum atomic E-state index is 12.4. The highest BCUT2D eigenvalue weighted by Gasteiger charge is 2.36. The van der Waals surface area contributed by atoms with Crippen molar-refractivity contribution in [2.75, 3.05) is 6.61 Å². The van der Waals surface area contributed by atoms with Gasteiger partial charge in [0, 0.05) is 5.92 Å². The SMILES string of the molecule is CC(C)(C)OC(=O)C(NC(=O)OCC1c2ccccc2-c2ccccc21)C(N)C(=O)O. The van der Waals surface area contributed by atoms with Crippen LogP contribution < -0.4 is 11.1 Å². The van der Waals surface area contributed by atoms with Crippen LogP contribution in [0.15, 0.2) is 48.5 Å². The molecular weight excluding hydrogens is 400 g/mol. The molecule has 0 aromatic heterocycles. The molecule has 2 aromatic carbocycles. The van der Waals surface area contributed by atoms with Gasteiger partial charge < -0.3 is 25.6 Å². The van der Waals surface area contributed by atoms with Crippen molar-refractivity contribution in [3.63, 3.8) is 0 Å². The molecule has 0 saturated carbocycles. The fraction of sp³-hybridized carbons (Fsp3) is 0.348. The Morgan fingerprint density at radius 3 is 2.03 bits per heavy atom. The van der Waals surface area contributed by atoms with Crippen molar-refractivity contribution in [3.8, 4) is 11.1 Å². The van der Waals surface area contributed by atoms with Gasteiger partial charge in [0.2, 0.25) is 0 Å². The quantitative estimate of drug-likeness (QED) is 0.606. The molecule has 0 radical (unpaired) electrons. The summed E-state index contributed by atoms with van der Waals surface area (Å²) in [6, 6.07) is 12.4. The van der Waals surface area contributed by atoms with Crippen LogP contribution in [-0.2, 0) is 19.1 Å². The summed E-state index contributed by atoms with van der Waals surface area (Å²) in [4.78, 5) is 36.1. The summed E-state index contributed by atoms with van der Waals surface area (Å²) in [5.74, 6) is -2.57. The minimum absolute atomic E-state index is 0.0171. The van der Waals surface area contributed by atoms with Gasteiger partial charge >= 0.3 is 18.0 Å². The van der Waals surface area contributed by atoms with Crippen LogP contribution in [0.4, 0.5) is 4.79 Å². The van der Waals surface area contributed by atoms with Crippen molar-refractivity contribution in [1.29, 1.82) is 0 Å². The predicted molar refractivity (Wildman–Crippen MR) is 113 cm³/mol. The molecule has 2 aromatic rings. The number of amides is 1. The van der Waals surface area contributed by atoms with Crippen LogP contribution in [0.2, 0.25) is 0 Å². The Labute approximate surface area is 180 Å². The second-order valence-corrected chi connectivity index (χ2v) is 8.35. The number of rotatable bonds is 6. The Bertz CT molecular complexity index is 952. The molecule has 0 aliphatic heterocycles. The maximum Gasteiger partial charge on any atom is 0.407 e. The van der Waals surface area contributed by atoms with Gasteiger partial charge in [-0.05, 0) is 43.0 Å². The van der Waals surface area contributed by atoms with E-state index in [1.165, 1.54) is 0 Å². The second kappa shape index (κ2) is 8.77. The van der Waals surface area contributed by atoms with Crippen LogP contribution >= 0.6 is 0 Å². The van der Waals surface area contributed by atoms with Crippen molar-refractivity contribution in [1.82, 2.24) is 5.32 Å². The van der Waals surface area contributed by atoms with Gasteiger partial charge in [0.1, 0.15) is 18.2 Å². The average molecular weight is 426 g/mol. The number of hydrogen-bond acceptors (Lipinski definition) is 6. The number of esters is 1. The largest absolute Gasteiger partial charge is 0.480 e. The number of benzene rings is 2. The number of nitrogens with two attached hydrogens (primary N) is 1. The van der Waals surface area contributed by atoms with Gasteiger partial charge in [0.15, 0.2) is 6.04 Å². The third-order valence-corrected chi connectivity index (χ3v) is 4.92. The Morgan fingerprint density at radius 2 is 1.55 bits per heavy atom. The van der Waals surface area contributed by atoms with Gasteiger partial charge in [-0.15, -0.1) is 0 Å². The number of carboxylic acid groups (broad SMARTS) is 1. The standard InChI is InChI=1S/C23H26N2O6/c1-23(2,3)31-21(28)19(18(24)20(26)27)25-22(29)30-12-17-15-10-6-4-8-13(15)14-9-5-7-11-16(14)17/h4-11,17-19H,12,24H2,1-3H3,(H,25,29)(H,26,27). The molecule has 0 saturated heterocycles. The first-order chi connectivity index (χ1) is 14.6. The molecule has 0 spiro atoms. The Kier molecular flexibility index (Phi) is 6.31. The lowest BCUT2D eigenvalue weighted by atomic mass is 9.98. The van der Waals surface area contributed by atoms with E-state index in [-0.39, 0.29) is 12.5 Å². The number of aliphatic carboxylic acids is 1. The monoisotopic (exact) mass is 426 g/mol. The lowest BCUT2D eigenvalue weighted by Crippen LogP contribution is -2.57. The molecule has 2 atom stereocenters. The van der Waals surface area contributed by atoms with Gasteiger partial charge in [-0.25, -0.2) is 9.59 Å². The maximum absolute atomic E-state index is 12.4. The summed E-state index contributed by atoms with van der Waals surface area (Å²) < 4.78 is 10.6. The van der Waals surface area contributed by atoms with Gasteiger partial charge in [-0.2, -0.15) is 0 Å². The van der Waals surface area contributed by atoms with Crippen LogP contribution in [0.3, 0.4) is 0 Å². The number of carbonyl (C=O) groups is 3. The molecule has 0 heterocycles. The van der Waals surface area contributed by atoms with Gasteiger partial charge in [0.05, 0.1) is 0 Å². The molecule has 3 rings (SSSR count). The molecule has 8 nitrogen and oxygen atoms in total. The smallest absolute Gasteiger partial charge is 0.407 e. The van der Waals surface area contributed by atoms with E-state index >= 15 is 0 Å². The second-order valence-electron chi connectivity index (χ2n) is 8.35. The van der Waals surface area contributed by atoms with Crippen LogP contribution in [0.1, 0.15) is 37.8 Å². The molecule has 8 heteroatoms. The summed E-state index contributed by atoms with van der Waals surface area (Å²) in [6.45, 7) is 4.90. The van der Waals surface area contributed by atoms with E-state index in [0.29, 0.717) is 0 Å².